The second-order valence-electron chi connectivity index (χ2n) is 7.49. The highest BCUT2D eigenvalue weighted by Crippen LogP contribution is 2.35. The molecule has 0 aliphatic carbocycles. The van der Waals surface area contributed by atoms with E-state index in [4.69, 9.17) is 32.5 Å². The van der Waals surface area contributed by atoms with Crippen LogP contribution in [-0.4, -0.2) is 26.0 Å². The van der Waals surface area contributed by atoms with Crippen LogP contribution >= 0.6 is 23.2 Å². The van der Waals surface area contributed by atoms with E-state index in [1.54, 1.807) is 30.3 Å². The van der Waals surface area contributed by atoms with Gasteiger partial charge in [0.2, 0.25) is 5.88 Å². The molecule has 0 amide bonds. The van der Waals surface area contributed by atoms with E-state index >= 15 is 0 Å². The zero-order valence-corrected chi connectivity index (χ0v) is 20.7. The number of methoxy groups -OCH3 is 1. The fraction of sp³-hybridized carbons (Fsp3) is 0.0417. The minimum atomic E-state index is -1.62. The second kappa shape index (κ2) is 9.73. The van der Waals surface area contributed by atoms with Gasteiger partial charge in [-0.3, -0.25) is 14.1 Å². The molecule has 5 rings (SSSR count). The lowest BCUT2D eigenvalue weighted by atomic mass is 10.1. The fourth-order valence-electron chi connectivity index (χ4n) is 3.67. The van der Waals surface area contributed by atoms with E-state index < -0.39 is 16.8 Å². The van der Waals surface area contributed by atoms with Gasteiger partial charge in [0, 0.05) is 28.1 Å². The number of rotatable bonds is 6. The Hall–Kier alpha value is -3.73. The second-order valence-corrected chi connectivity index (χ2v) is 9.55. The zero-order valence-electron chi connectivity index (χ0n) is 18.4. The van der Waals surface area contributed by atoms with Gasteiger partial charge in [-0.05, 0) is 48.5 Å². The first-order chi connectivity index (χ1) is 17.3. The van der Waals surface area contributed by atoms with Gasteiger partial charge in [-0.2, -0.15) is 0 Å². The molecule has 1 atom stereocenters. The maximum Gasteiger partial charge on any atom is 0.255 e. The molecular weight excluding hydrogens is 530 g/mol. The highest BCUT2D eigenvalue weighted by Gasteiger charge is 2.18. The molecule has 8 nitrogen and oxygen atoms in total. The van der Waals surface area contributed by atoms with Crippen LogP contribution in [0, 0.1) is 5.82 Å². The number of nitrogens with zero attached hydrogens (tertiary/aromatic N) is 3. The summed E-state index contributed by atoms with van der Waals surface area (Å²) >= 11 is 12.5. The number of ether oxygens (including phenoxy) is 1. The fourth-order valence-corrected chi connectivity index (χ4v) is 4.99. The van der Waals surface area contributed by atoms with Crippen LogP contribution in [0.25, 0.3) is 27.8 Å². The Morgan fingerprint density at radius 1 is 1.08 bits per heavy atom. The SMILES string of the molecule is COc1nc(-c2cc(F)cc(Cl)c2)c(Cl)cc1-n1c(=O)ccc2cc(S(=O)Nc3ccon3)ccc21. The summed E-state index contributed by atoms with van der Waals surface area (Å²) in [6.07, 6.45) is 1.36. The summed E-state index contributed by atoms with van der Waals surface area (Å²) in [5.41, 5.74) is 1.01. The number of hydrogen-bond donors (Lipinski definition) is 1. The van der Waals surface area contributed by atoms with Crippen molar-refractivity contribution in [2.24, 2.45) is 0 Å². The topological polar surface area (TPSA) is 99.2 Å². The van der Waals surface area contributed by atoms with Crippen LogP contribution < -0.4 is 15.0 Å². The molecular formula is C24H15Cl2FN4O4S. The van der Waals surface area contributed by atoms with Gasteiger partial charge in [0.15, 0.2) is 16.8 Å². The van der Waals surface area contributed by atoms with Gasteiger partial charge < -0.3 is 9.26 Å². The highest BCUT2D eigenvalue weighted by molar-refractivity contribution is 7.86. The molecule has 5 aromatic rings. The van der Waals surface area contributed by atoms with Gasteiger partial charge in [-0.1, -0.05) is 28.4 Å². The summed E-state index contributed by atoms with van der Waals surface area (Å²) in [6.45, 7) is 0. The predicted molar refractivity (Wildman–Crippen MR) is 136 cm³/mol. The number of halogens is 3. The van der Waals surface area contributed by atoms with Crippen molar-refractivity contribution in [3.05, 3.63) is 93.1 Å². The number of benzene rings is 2. The Labute approximate surface area is 215 Å². The van der Waals surface area contributed by atoms with Crippen LogP contribution in [0.4, 0.5) is 10.2 Å². The van der Waals surface area contributed by atoms with Crippen molar-refractivity contribution in [1.82, 2.24) is 14.7 Å². The van der Waals surface area contributed by atoms with E-state index in [1.165, 1.54) is 48.3 Å². The smallest absolute Gasteiger partial charge is 0.255 e. The molecule has 12 heteroatoms. The zero-order chi connectivity index (χ0) is 25.4. The third-order valence-corrected chi connectivity index (χ3v) is 6.79. The summed E-state index contributed by atoms with van der Waals surface area (Å²) in [5.74, 6) is -0.136. The Morgan fingerprint density at radius 2 is 1.92 bits per heavy atom. The van der Waals surface area contributed by atoms with Crippen LogP contribution in [-0.2, 0) is 11.0 Å². The molecule has 0 aliphatic heterocycles. The van der Waals surface area contributed by atoms with Crippen molar-refractivity contribution in [3.63, 3.8) is 0 Å². The van der Waals surface area contributed by atoms with Crippen molar-refractivity contribution in [3.8, 4) is 22.8 Å². The first-order valence-corrected chi connectivity index (χ1v) is 12.2. The lowest BCUT2D eigenvalue weighted by Crippen LogP contribution is -2.19. The highest BCUT2D eigenvalue weighted by atomic mass is 35.5. The van der Waals surface area contributed by atoms with Gasteiger partial charge in [0.25, 0.3) is 5.56 Å². The molecule has 0 aliphatic rings. The van der Waals surface area contributed by atoms with Crippen LogP contribution in [0.15, 0.2) is 81.1 Å². The van der Waals surface area contributed by atoms with Crippen molar-refractivity contribution in [2.45, 2.75) is 4.90 Å². The number of pyridine rings is 2. The minimum absolute atomic E-state index is 0.0877. The number of anilines is 1. The average Bonchev–Trinajstić information content (AvgIpc) is 3.36. The van der Waals surface area contributed by atoms with Gasteiger partial charge in [-0.15, -0.1) is 0 Å². The Morgan fingerprint density at radius 3 is 2.64 bits per heavy atom. The number of aromatic nitrogens is 3. The normalized spacial score (nSPS) is 12.0. The first-order valence-electron chi connectivity index (χ1n) is 10.3. The molecule has 182 valence electrons. The lowest BCUT2D eigenvalue weighted by molar-refractivity contribution is 0.396. The van der Waals surface area contributed by atoms with Gasteiger partial charge in [0.1, 0.15) is 17.8 Å². The van der Waals surface area contributed by atoms with Crippen LogP contribution in [0.5, 0.6) is 5.88 Å². The summed E-state index contributed by atoms with van der Waals surface area (Å²) in [7, 11) is -0.225. The molecule has 1 unspecified atom stereocenters. The van der Waals surface area contributed by atoms with Crippen LogP contribution in [0.1, 0.15) is 0 Å². The van der Waals surface area contributed by atoms with E-state index in [0.29, 0.717) is 27.2 Å². The van der Waals surface area contributed by atoms with Crippen molar-refractivity contribution in [1.29, 1.82) is 0 Å². The Kier molecular flexibility index (Phi) is 6.48. The van der Waals surface area contributed by atoms with Gasteiger partial charge in [-0.25, -0.2) is 13.6 Å². The van der Waals surface area contributed by atoms with E-state index in [2.05, 4.69) is 14.9 Å². The number of fused-ring (bicyclic) bond motifs is 1. The molecule has 0 fully saturated rings. The van der Waals surface area contributed by atoms with E-state index in [0.717, 1.165) is 0 Å². The molecule has 36 heavy (non-hydrogen) atoms. The molecule has 1 N–H and O–H groups in total. The Balaban J connectivity index is 1.62. The number of hydrogen-bond acceptors (Lipinski definition) is 6. The summed E-state index contributed by atoms with van der Waals surface area (Å²) in [4.78, 5) is 17.9. The molecule has 2 aromatic carbocycles. The average molecular weight is 545 g/mol. The maximum absolute atomic E-state index is 13.9. The van der Waals surface area contributed by atoms with E-state index in [9.17, 15) is 13.4 Å². The van der Waals surface area contributed by atoms with Crippen molar-refractivity contribution < 1.29 is 17.9 Å². The standard InChI is InChI=1S/C24H15Cl2FN4O4S/c1-34-24-20(12-18(26)23(28-24)14-8-15(25)11-16(27)9-14)31-19-4-3-17(10-13(19)2-5-22(31)32)36(33)30-21-6-7-35-29-21/h2-12H,1H3,(H,29,30). The first kappa shape index (κ1) is 24.0. The molecule has 0 spiro atoms. The maximum atomic E-state index is 13.9. The Bertz CT molecular complexity index is 1670. The summed E-state index contributed by atoms with van der Waals surface area (Å²) in [6, 6.07) is 14.9. The lowest BCUT2D eigenvalue weighted by Gasteiger charge is -2.16. The molecule has 3 heterocycles. The van der Waals surface area contributed by atoms with Gasteiger partial charge in [0.05, 0.1) is 28.2 Å². The van der Waals surface area contributed by atoms with Crippen molar-refractivity contribution >= 4 is 50.9 Å². The van der Waals surface area contributed by atoms with E-state index in [1.807, 2.05) is 0 Å². The largest absolute Gasteiger partial charge is 0.479 e. The van der Waals surface area contributed by atoms with E-state index in [-0.39, 0.29) is 32.9 Å². The van der Waals surface area contributed by atoms with Crippen molar-refractivity contribution in [2.75, 3.05) is 11.8 Å². The quantitative estimate of drug-likeness (QED) is 0.297. The molecule has 0 saturated heterocycles. The monoisotopic (exact) mass is 544 g/mol. The number of nitrogens with one attached hydrogen (secondary N) is 1. The molecule has 3 aromatic heterocycles. The third kappa shape index (κ3) is 4.58. The minimum Gasteiger partial charge on any atom is -0.479 e. The third-order valence-electron chi connectivity index (χ3n) is 5.21. The predicted octanol–water partition coefficient (Wildman–Crippen LogP) is 5.63. The van der Waals surface area contributed by atoms with Crippen LogP contribution in [0.3, 0.4) is 0 Å². The van der Waals surface area contributed by atoms with Crippen LogP contribution in [0.2, 0.25) is 10.0 Å². The summed E-state index contributed by atoms with van der Waals surface area (Å²) < 4.78 is 41.0. The summed E-state index contributed by atoms with van der Waals surface area (Å²) in [5, 5.41) is 4.66. The molecule has 0 bridgehead atoms. The van der Waals surface area contributed by atoms with Gasteiger partial charge >= 0.3 is 0 Å². The molecule has 0 saturated carbocycles. The molecule has 0 radical (unpaired) electrons.